The quantitative estimate of drug-likeness (QED) is 0.208. The fourth-order valence-corrected chi connectivity index (χ4v) is 6.56. The summed E-state index contributed by atoms with van der Waals surface area (Å²) >= 11 is 1.27. The van der Waals surface area contributed by atoms with Gasteiger partial charge in [0, 0.05) is 5.56 Å². The Hall–Kier alpha value is -4.95. The van der Waals surface area contributed by atoms with Crippen LogP contribution in [0.3, 0.4) is 0 Å². The van der Waals surface area contributed by atoms with Crippen molar-refractivity contribution < 1.29 is 19.0 Å². The van der Waals surface area contributed by atoms with Crippen LogP contribution >= 0.6 is 11.3 Å². The molecule has 6 rings (SSSR count). The smallest absolute Gasteiger partial charge is 0.338 e. The van der Waals surface area contributed by atoms with Crippen LogP contribution in [-0.4, -0.2) is 24.3 Å². The van der Waals surface area contributed by atoms with Crippen LogP contribution in [0.2, 0.25) is 0 Å². The molecule has 8 heteroatoms. The number of hydrogen-bond acceptors (Lipinski definition) is 7. The van der Waals surface area contributed by atoms with Gasteiger partial charge in [0.1, 0.15) is 6.61 Å². The highest BCUT2D eigenvalue weighted by Crippen LogP contribution is 2.34. The number of thiazole rings is 1. The van der Waals surface area contributed by atoms with Crippen molar-refractivity contribution in [1.29, 1.82) is 0 Å². The Morgan fingerprint density at radius 1 is 0.977 bits per heavy atom. The van der Waals surface area contributed by atoms with Crippen molar-refractivity contribution in [1.82, 2.24) is 4.57 Å². The molecule has 0 amide bonds. The predicted molar refractivity (Wildman–Crippen MR) is 173 cm³/mol. The van der Waals surface area contributed by atoms with E-state index in [9.17, 15) is 9.59 Å². The summed E-state index contributed by atoms with van der Waals surface area (Å²) in [4.78, 5) is 32.5. The van der Waals surface area contributed by atoms with Gasteiger partial charge in [-0.1, -0.05) is 95.8 Å². The third-order valence-corrected chi connectivity index (χ3v) is 8.66. The maximum absolute atomic E-state index is 14.1. The molecule has 0 saturated heterocycles. The molecule has 0 saturated carbocycles. The maximum Gasteiger partial charge on any atom is 0.338 e. The lowest BCUT2D eigenvalue weighted by Crippen LogP contribution is -2.39. The van der Waals surface area contributed by atoms with E-state index in [0.29, 0.717) is 44.3 Å². The minimum absolute atomic E-state index is 0.220. The van der Waals surface area contributed by atoms with Crippen LogP contribution < -0.4 is 24.4 Å². The molecule has 0 radical (unpaired) electrons. The molecule has 0 bridgehead atoms. The summed E-state index contributed by atoms with van der Waals surface area (Å²) < 4.78 is 19.5. The van der Waals surface area contributed by atoms with Crippen LogP contribution in [0.1, 0.15) is 42.1 Å². The number of carbonyl (C=O) groups excluding carboxylic acids is 1. The molecule has 222 valence electrons. The van der Waals surface area contributed by atoms with Gasteiger partial charge in [0.2, 0.25) is 0 Å². The average molecular weight is 605 g/mol. The van der Waals surface area contributed by atoms with Crippen molar-refractivity contribution in [2.75, 3.05) is 13.7 Å². The molecule has 4 aromatic carbocycles. The Morgan fingerprint density at radius 2 is 1.73 bits per heavy atom. The molecule has 1 aromatic heterocycles. The number of benzene rings is 4. The number of aryl methyl sites for hydroxylation is 1. The summed E-state index contributed by atoms with van der Waals surface area (Å²) in [5, 5.41) is 2.25. The van der Waals surface area contributed by atoms with Gasteiger partial charge < -0.3 is 14.2 Å². The van der Waals surface area contributed by atoms with Crippen molar-refractivity contribution in [3.05, 3.63) is 138 Å². The van der Waals surface area contributed by atoms with Gasteiger partial charge in [-0.3, -0.25) is 9.36 Å². The van der Waals surface area contributed by atoms with Crippen LogP contribution in [0.25, 0.3) is 16.8 Å². The van der Waals surface area contributed by atoms with Gasteiger partial charge in [-0.25, -0.2) is 9.79 Å². The molecule has 0 fully saturated rings. The third kappa shape index (κ3) is 5.44. The molecule has 7 nitrogen and oxygen atoms in total. The monoisotopic (exact) mass is 604 g/mol. The maximum atomic E-state index is 14.1. The molecule has 1 atom stereocenters. The van der Waals surface area contributed by atoms with E-state index in [1.807, 2.05) is 73.7 Å². The van der Waals surface area contributed by atoms with E-state index >= 15 is 0 Å². The van der Waals surface area contributed by atoms with Gasteiger partial charge >= 0.3 is 5.97 Å². The molecule has 0 unspecified atom stereocenters. The first-order valence-electron chi connectivity index (χ1n) is 14.4. The number of hydrogen-bond donors (Lipinski definition) is 0. The molecule has 1 aliphatic rings. The minimum atomic E-state index is -0.666. The van der Waals surface area contributed by atoms with Gasteiger partial charge in [0.05, 0.1) is 35.6 Å². The lowest BCUT2D eigenvalue weighted by atomic mass is 9.95. The zero-order chi connectivity index (χ0) is 30.8. The van der Waals surface area contributed by atoms with Crippen molar-refractivity contribution in [2.24, 2.45) is 4.99 Å². The van der Waals surface area contributed by atoms with Gasteiger partial charge in [0.15, 0.2) is 16.3 Å². The highest BCUT2D eigenvalue weighted by Gasteiger charge is 2.33. The SMILES string of the molecule is CCOC(=O)C1=C(C)N=c2s/c(=C\c3cccc(OC)c3OCc3cccc4ccccc34)c(=O)n2[C@@H]1c1ccc(C)cc1. The summed E-state index contributed by atoms with van der Waals surface area (Å²) in [6, 6.07) is 27.1. The molecule has 0 spiro atoms. The lowest BCUT2D eigenvalue weighted by molar-refractivity contribution is -0.139. The second-order valence-electron chi connectivity index (χ2n) is 10.5. The van der Waals surface area contributed by atoms with Gasteiger partial charge in [-0.05, 0) is 54.8 Å². The average Bonchev–Trinajstić information content (AvgIpc) is 3.33. The number of ether oxygens (including phenoxy) is 3. The van der Waals surface area contributed by atoms with E-state index in [1.165, 1.54) is 11.3 Å². The van der Waals surface area contributed by atoms with E-state index in [1.54, 1.807) is 31.6 Å². The third-order valence-electron chi connectivity index (χ3n) is 7.68. The number of nitrogens with zero attached hydrogens (tertiary/aromatic N) is 2. The molecule has 5 aromatic rings. The summed E-state index contributed by atoms with van der Waals surface area (Å²) in [5.41, 5.74) is 4.26. The lowest BCUT2D eigenvalue weighted by Gasteiger charge is -2.24. The molecule has 1 aliphatic heterocycles. The number of allylic oxidation sites excluding steroid dienone is 1. The summed E-state index contributed by atoms with van der Waals surface area (Å²) in [5.74, 6) is 0.613. The van der Waals surface area contributed by atoms with E-state index in [4.69, 9.17) is 19.2 Å². The summed E-state index contributed by atoms with van der Waals surface area (Å²) in [7, 11) is 1.60. The zero-order valence-electron chi connectivity index (χ0n) is 25.0. The first-order chi connectivity index (χ1) is 21.4. The molecule has 0 aliphatic carbocycles. The van der Waals surface area contributed by atoms with E-state index < -0.39 is 12.0 Å². The minimum Gasteiger partial charge on any atom is -0.493 e. The molecular weight excluding hydrogens is 572 g/mol. The summed E-state index contributed by atoms with van der Waals surface area (Å²) in [6.07, 6.45) is 1.81. The van der Waals surface area contributed by atoms with Crippen LogP contribution in [-0.2, 0) is 16.1 Å². The van der Waals surface area contributed by atoms with Crippen LogP contribution in [0.4, 0.5) is 0 Å². The van der Waals surface area contributed by atoms with E-state index in [2.05, 4.69) is 18.2 Å². The zero-order valence-corrected chi connectivity index (χ0v) is 25.8. The fraction of sp³-hybridized carbons (Fsp3) is 0.194. The van der Waals surface area contributed by atoms with Gasteiger partial charge in [0.25, 0.3) is 5.56 Å². The van der Waals surface area contributed by atoms with Crippen molar-refractivity contribution >= 4 is 34.2 Å². The molecule has 2 heterocycles. The second-order valence-corrected chi connectivity index (χ2v) is 11.5. The Balaban J connectivity index is 1.46. The number of carbonyl (C=O) groups is 1. The number of para-hydroxylation sites is 1. The number of aromatic nitrogens is 1. The number of rotatable bonds is 8. The van der Waals surface area contributed by atoms with Gasteiger partial charge in [-0.15, -0.1) is 0 Å². The second kappa shape index (κ2) is 12.3. The first-order valence-corrected chi connectivity index (χ1v) is 15.2. The van der Waals surface area contributed by atoms with Crippen LogP contribution in [0, 0.1) is 6.92 Å². The number of fused-ring (bicyclic) bond motifs is 2. The van der Waals surface area contributed by atoms with Gasteiger partial charge in [-0.2, -0.15) is 0 Å². The Bertz CT molecular complexity index is 2080. The van der Waals surface area contributed by atoms with Crippen LogP contribution in [0.15, 0.2) is 106 Å². The van der Waals surface area contributed by atoms with Crippen molar-refractivity contribution in [3.63, 3.8) is 0 Å². The topological polar surface area (TPSA) is 79.1 Å². The highest BCUT2D eigenvalue weighted by atomic mass is 32.1. The molecule has 0 N–H and O–H groups in total. The van der Waals surface area contributed by atoms with Crippen molar-refractivity contribution in [3.8, 4) is 11.5 Å². The Kier molecular flexibility index (Phi) is 8.17. The summed E-state index contributed by atoms with van der Waals surface area (Å²) in [6.45, 7) is 6.08. The largest absolute Gasteiger partial charge is 0.493 e. The highest BCUT2D eigenvalue weighted by molar-refractivity contribution is 7.07. The normalized spacial score (nSPS) is 14.7. The van der Waals surface area contributed by atoms with Crippen LogP contribution in [0.5, 0.6) is 11.5 Å². The van der Waals surface area contributed by atoms with E-state index in [-0.39, 0.29) is 12.2 Å². The van der Waals surface area contributed by atoms with E-state index in [0.717, 1.165) is 27.5 Å². The standard InChI is InChI=1S/C36H32N2O5S/c1-5-42-35(40)31-23(3)37-36-38(32(31)25-18-16-22(2)17-19-25)34(39)30(44-36)20-26-12-9-15-29(41-4)33(26)43-21-27-13-8-11-24-10-6-7-14-28(24)27/h6-20,32H,5,21H2,1-4H3/b30-20-/t32-/m1/s1. The predicted octanol–water partition coefficient (Wildman–Crippen LogP) is 5.85. The number of esters is 1. The molecule has 44 heavy (non-hydrogen) atoms. The Labute approximate surface area is 259 Å². The fourth-order valence-electron chi connectivity index (χ4n) is 5.53. The number of methoxy groups -OCH3 is 1. The first kappa shape index (κ1) is 29.1. The van der Waals surface area contributed by atoms with Crippen molar-refractivity contribution in [2.45, 2.75) is 33.4 Å². The molecular formula is C36H32N2O5S. The Morgan fingerprint density at radius 3 is 2.50 bits per heavy atom.